The van der Waals surface area contributed by atoms with Crippen molar-refractivity contribution in [3.8, 4) is 0 Å². The van der Waals surface area contributed by atoms with Crippen molar-refractivity contribution >= 4 is 29.0 Å². The van der Waals surface area contributed by atoms with E-state index < -0.39 is 0 Å². The van der Waals surface area contributed by atoms with Crippen LogP contribution in [0.5, 0.6) is 0 Å². The van der Waals surface area contributed by atoms with E-state index in [0.29, 0.717) is 5.56 Å². The molecule has 3 nitrogen and oxygen atoms in total. The van der Waals surface area contributed by atoms with Crippen LogP contribution in [0.3, 0.4) is 0 Å². The lowest BCUT2D eigenvalue weighted by Crippen LogP contribution is -2.23. The van der Waals surface area contributed by atoms with Gasteiger partial charge in [0, 0.05) is 28.1 Å². The predicted octanol–water partition coefficient (Wildman–Crippen LogP) is 3.88. The van der Waals surface area contributed by atoms with Gasteiger partial charge in [-0.05, 0) is 37.6 Å². The minimum atomic E-state index is -0.00136. The summed E-state index contributed by atoms with van der Waals surface area (Å²) in [6, 6.07) is 7.73. The summed E-state index contributed by atoms with van der Waals surface area (Å²) in [5.74, 6) is 0.865. The van der Waals surface area contributed by atoms with E-state index in [0.717, 1.165) is 34.3 Å². The molecule has 0 aliphatic carbocycles. The maximum absolute atomic E-state index is 11.8. The number of hydrogen-bond donors (Lipinski definition) is 1. The first-order valence-corrected chi connectivity index (χ1v) is 8.47. The van der Waals surface area contributed by atoms with Gasteiger partial charge in [-0.25, -0.2) is 4.98 Å². The van der Waals surface area contributed by atoms with Crippen molar-refractivity contribution in [2.45, 2.75) is 30.9 Å². The van der Waals surface area contributed by atoms with Crippen LogP contribution in [0, 0.1) is 6.92 Å². The van der Waals surface area contributed by atoms with E-state index >= 15 is 0 Å². The van der Waals surface area contributed by atoms with Crippen LogP contribution in [-0.2, 0) is 5.75 Å². The number of benzene rings is 1. The molecular weight excluding hydrogens is 288 g/mol. The van der Waals surface area contributed by atoms with Gasteiger partial charge in [-0.3, -0.25) is 4.79 Å². The molecule has 1 aromatic carbocycles. The summed E-state index contributed by atoms with van der Waals surface area (Å²) in [4.78, 5) is 17.4. The van der Waals surface area contributed by atoms with Crippen LogP contribution < -0.4 is 5.32 Å². The Morgan fingerprint density at radius 2 is 2.10 bits per heavy atom. The molecule has 0 fully saturated rings. The molecule has 0 saturated carbocycles. The average Bonchev–Trinajstić information content (AvgIpc) is 2.89. The van der Waals surface area contributed by atoms with Crippen LogP contribution >= 0.6 is 23.1 Å². The number of amides is 1. The number of nitrogens with one attached hydrogen (secondary N) is 1. The number of rotatable bonds is 6. The number of carbonyl (C=O) groups is 1. The molecule has 0 aliphatic rings. The second kappa shape index (κ2) is 7.45. The summed E-state index contributed by atoms with van der Waals surface area (Å²) in [6.07, 6.45) is 0.951. The summed E-state index contributed by atoms with van der Waals surface area (Å²) in [5, 5.41) is 6.07. The lowest BCUT2D eigenvalue weighted by molar-refractivity contribution is 0.0953. The number of thiazole rings is 1. The van der Waals surface area contributed by atoms with E-state index in [2.05, 4.69) is 15.7 Å². The van der Waals surface area contributed by atoms with Gasteiger partial charge in [-0.1, -0.05) is 6.92 Å². The fourth-order valence-corrected chi connectivity index (χ4v) is 3.18. The first-order chi connectivity index (χ1) is 9.69. The Hall–Kier alpha value is -1.33. The van der Waals surface area contributed by atoms with Gasteiger partial charge in [0.15, 0.2) is 0 Å². The Labute approximate surface area is 127 Å². The van der Waals surface area contributed by atoms with Crippen molar-refractivity contribution in [3.63, 3.8) is 0 Å². The standard InChI is InChI=1S/C15H18N2OS2/c1-3-8-16-15(18)12-4-6-14(7-5-12)20-10-13-9-19-11(2)17-13/h4-7,9H,3,8,10H2,1-2H3,(H,16,18). The van der Waals surface area contributed by atoms with E-state index in [-0.39, 0.29) is 5.91 Å². The average molecular weight is 306 g/mol. The van der Waals surface area contributed by atoms with Crippen LogP contribution in [0.1, 0.15) is 34.4 Å². The van der Waals surface area contributed by atoms with Crippen molar-refractivity contribution in [2.75, 3.05) is 6.54 Å². The quantitative estimate of drug-likeness (QED) is 0.823. The summed E-state index contributed by atoms with van der Waals surface area (Å²) in [5.41, 5.74) is 1.83. The van der Waals surface area contributed by atoms with Crippen LogP contribution in [-0.4, -0.2) is 17.4 Å². The molecule has 106 valence electrons. The van der Waals surface area contributed by atoms with Gasteiger partial charge in [-0.15, -0.1) is 23.1 Å². The molecule has 1 amide bonds. The number of nitrogens with zero attached hydrogens (tertiary/aromatic N) is 1. The fourth-order valence-electron chi connectivity index (χ4n) is 1.67. The van der Waals surface area contributed by atoms with Gasteiger partial charge in [0.05, 0.1) is 10.7 Å². The molecule has 0 saturated heterocycles. The first-order valence-electron chi connectivity index (χ1n) is 6.61. The number of carbonyl (C=O) groups excluding carboxylic acids is 1. The van der Waals surface area contributed by atoms with Crippen LogP contribution in [0.15, 0.2) is 34.5 Å². The maximum Gasteiger partial charge on any atom is 0.251 e. The summed E-state index contributed by atoms with van der Waals surface area (Å²) in [7, 11) is 0. The highest BCUT2D eigenvalue weighted by Crippen LogP contribution is 2.23. The monoisotopic (exact) mass is 306 g/mol. The van der Waals surface area contributed by atoms with E-state index in [1.165, 1.54) is 0 Å². The van der Waals surface area contributed by atoms with Gasteiger partial charge in [0.1, 0.15) is 0 Å². The van der Waals surface area contributed by atoms with Crippen LogP contribution in [0.4, 0.5) is 0 Å². The highest BCUT2D eigenvalue weighted by molar-refractivity contribution is 7.98. The smallest absolute Gasteiger partial charge is 0.251 e. The molecule has 0 atom stereocenters. The lowest BCUT2D eigenvalue weighted by atomic mass is 10.2. The second-order valence-electron chi connectivity index (χ2n) is 4.43. The van der Waals surface area contributed by atoms with E-state index in [9.17, 15) is 4.79 Å². The minimum Gasteiger partial charge on any atom is -0.352 e. The summed E-state index contributed by atoms with van der Waals surface area (Å²) in [6.45, 7) is 4.78. The number of aromatic nitrogens is 1. The molecule has 0 spiro atoms. The third kappa shape index (κ3) is 4.35. The molecular formula is C15H18N2OS2. The van der Waals surface area contributed by atoms with Gasteiger partial charge >= 0.3 is 0 Å². The molecule has 1 N–H and O–H groups in total. The minimum absolute atomic E-state index is 0.00136. The van der Waals surface area contributed by atoms with Crippen LogP contribution in [0.2, 0.25) is 0 Å². The number of thioether (sulfide) groups is 1. The Balaban J connectivity index is 1.89. The van der Waals surface area contributed by atoms with Gasteiger partial charge in [-0.2, -0.15) is 0 Å². The highest BCUT2D eigenvalue weighted by Gasteiger charge is 2.05. The molecule has 5 heteroatoms. The van der Waals surface area contributed by atoms with Gasteiger partial charge in [0.2, 0.25) is 0 Å². The summed E-state index contributed by atoms with van der Waals surface area (Å²) >= 11 is 3.41. The molecule has 2 aromatic rings. The third-order valence-electron chi connectivity index (χ3n) is 2.71. The molecule has 0 aliphatic heterocycles. The molecule has 0 radical (unpaired) electrons. The molecule has 1 heterocycles. The molecule has 0 unspecified atom stereocenters. The number of hydrogen-bond acceptors (Lipinski definition) is 4. The van der Waals surface area contributed by atoms with Crippen molar-refractivity contribution < 1.29 is 4.79 Å². The number of aryl methyl sites for hydroxylation is 1. The van der Waals surface area contributed by atoms with Crippen molar-refractivity contribution in [1.82, 2.24) is 10.3 Å². The first kappa shape index (κ1) is 15.1. The van der Waals surface area contributed by atoms with Crippen molar-refractivity contribution in [2.24, 2.45) is 0 Å². The molecule has 20 heavy (non-hydrogen) atoms. The highest BCUT2D eigenvalue weighted by atomic mass is 32.2. The van der Waals surface area contributed by atoms with E-state index in [1.54, 1.807) is 23.1 Å². The Bertz CT molecular complexity index is 564. The fraction of sp³-hybridized carbons (Fsp3) is 0.333. The van der Waals surface area contributed by atoms with Crippen molar-refractivity contribution in [3.05, 3.63) is 45.9 Å². The zero-order valence-electron chi connectivity index (χ0n) is 11.7. The second-order valence-corrected chi connectivity index (χ2v) is 6.54. The topological polar surface area (TPSA) is 42.0 Å². The maximum atomic E-state index is 11.8. The SMILES string of the molecule is CCCNC(=O)c1ccc(SCc2csc(C)n2)cc1. The van der Waals surface area contributed by atoms with Gasteiger partial charge in [0.25, 0.3) is 5.91 Å². The third-order valence-corrected chi connectivity index (χ3v) is 4.57. The zero-order valence-corrected chi connectivity index (χ0v) is 13.3. The zero-order chi connectivity index (χ0) is 14.4. The van der Waals surface area contributed by atoms with Gasteiger partial charge < -0.3 is 5.32 Å². The molecule has 1 aromatic heterocycles. The molecule has 2 rings (SSSR count). The Morgan fingerprint density at radius 1 is 1.35 bits per heavy atom. The van der Waals surface area contributed by atoms with E-state index in [1.807, 2.05) is 38.1 Å². The normalized spacial score (nSPS) is 10.5. The van der Waals surface area contributed by atoms with Crippen LogP contribution in [0.25, 0.3) is 0 Å². The van der Waals surface area contributed by atoms with E-state index in [4.69, 9.17) is 0 Å². The Morgan fingerprint density at radius 3 is 2.70 bits per heavy atom. The molecule has 0 bridgehead atoms. The predicted molar refractivity (Wildman–Crippen MR) is 85.5 cm³/mol. The summed E-state index contributed by atoms with van der Waals surface area (Å²) < 4.78 is 0. The Kier molecular flexibility index (Phi) is 5.61. The largest absolute Gasteiger partial charge is 0.352 e. The lowest BCUT2D eigenvalue weighted by Gasteiger charge is -2.04. The van der Waals surface area contributed by atoms with Crippen molar-refractivity contribution in [1.29, 1.82) is 0 Å².